The Morgan fingerprint density at radius 3 is 2.23 bits per heavy atom. The molecule has 7 nitrogen and oxygen atoms in total. The number of carbonyl (C=O) groups excluding carboxylic acids is 2. The lowest BCUT2D eigenvalue weighted by molar-refractivity contribution is -0.119. The summed E-state index contributed by atoms with van der Waals surface area (Å²) in [7, 11) is 0. The van der Waals surface area contributed by atoms with E-state index < -0.39 is 6.04 Å². The monoisotopic (exact) mass is 536 g/mol. The molecule has 6 rings (SSSR count). The van der Waals surface area contributed by atoms with Crippen molar-refractivity contribution in [2.75, 3.05) is 16.8 Å². The Morgan fingerprint density at radius 1 is 0.900 bits per heavy atom. The smallest absolute Gasteiger partial charge is 0.322 e. The van der Waals surface area contributed by atoms with E-state index in [9.17, 15) is 9.59 Å². The van der Waals surface area contributed by atoms with Gasteiger partial charge in [0.15, 0.2) is 0 Å². The van der Waals surface area contributed by atoms with Gasteiger partial charge in [-0.25, -0.2) is 4.79 Å². The average Bonchev–Trinajstić information content (AvgIpc) is 3.41. The van der Waals surface area contributed by atoms with Gasteiger partial charge in [-0.2, -0.15) is 0 Å². The van der Waals surface area contributed by atoms with Crippen molar-refractivity contribution < 1.29 is 14.0 Å². The number of aromatic nitrogens is 1. The summed E-state index contributed by atoms with van der Waals surface area (Å²) in [4.78, 5) is 31.7. The molecular formula is C33H36N4O3. The fraction of sp³-hybridized carbons (Fsp3) is 0.333. The Morgan fingerprint density at radius 2 is 1.60 bits per heavy atom. The summed E-state index contributed by atoms with van der Waals surface area (Å²) in [6.45, 7) is 8.51. The minimum Gasteiger partial charge on any atom is -0.467 e. The van der Waals surface area contributed by atoms with Crippen molar-refractivity contribution in [3.63, 3.8) is 0 Å². The Hall–Kier alpha value is -4.26. The van der Waals surface area contributed by atoms with Gasteiger partial charge in [0.2, 0.25) is 5.91 Å². The molecule has 1 fully saturated rings. The third kappa shape index (κ3) is 4.59. The maximum absolute atomic E-state index is 14.3. The molecule has 0 spiro atoms. The Bertz CT molecular complexity index is 1500. The van der Waals surface area contributed by atoms with Gasteiger partial charge >= 0.3 is 6.03 Å². The van der Waals surface area contributed by atoms with Crippen molar-refractivity contribution in [1.82, 2.24) is 9.47 Å². The second kappa shape index (κ2) is 10.4. The van der Waals surface area contributed by atoms with Crippen LogP contribution in [0.15, 0.2) is 83.6 Å². The molecule has 2 aromatic carbocycles. The van der Waals surface area contributed by atoms with Crippen molar-refractivity contribution in [2.45, 2.75) is 64.5 Å². The van der Waals surface area contributed by atoms with Crippen LogP contribution in [0.1, 0.15) is 81.0 Å². The standard InChI is InChI=1S/C33H36N4O3/c1-21(2)24-10-7-11-25(22(3)4)31(24)34-33(39)36(23-16-17-23)20-30(38)37-27-13-6-5-12-26(27)35-18-8-14-28(35)32(37)29-15-9-19-40-29/h5-15,18-19,21-23,32H,16-17,20H2,1-4H3,(H,34,39). The highest BCUT2D eigenvalue weighted by atomic mass is 16.3. The number of hydrogen-bond acceptors (Lipinski definition) is 3. The van der Waals surface area contributed by atoms with E-state index in [1.165, 1.54) is 0 Å². The number of para-hydroxylation sites is 3. The van der Waals surface area contributed by atoms with Crippen LogP contribution in [-0.2, 0) is 4.79 Å². The zero-order valence-electron chi connectivity index (χ0n) is 23.5. The first-order valence-electron chi connectivity index (χ1n) is 14.2. The molecule has 1 saturated carbocycles. The molecule has 1 atom stereocenters. The number of carbonyl (C=O) groups is 2. The second-order valence-corrected chi connectivity index (χ2v) is 11.4. The molecule has 0 bridgehead atoms. The van der Waals surface area contributed by atoms with Gasteiger partial charge in [-0.1, -0.05) is 58.0 Å². The number of rotatable bonds is 7. The van der Waals surface area contributed by atoms with E-state index in [4.69, 9.17) is 4.42 Å². The van der Waals surface area contributed by atoms with Crippen LogP contribution in [0.2, 0.25) is 0 Å². The van der Waals surface area contributed by atoms with Crippen molar-refractivity contribution in [1.29, 1.82) is 0 Å². The first-order chi connectivity index (χ1) is 19.3. The van der Waals surface area contributed by atoms with E-state index >= 15 is 0 Å². The van der Waals surface area contributed by atoms with Gasteiger partial charge in [0.25, 0.3) is 0 Å². The van der Waals surface area contributed by atoms with Crippen LogP contribution in [-0.4, -0.2) is 34.0 Å². The predicted octanol–water partition coefficient (Wildman–Crippen LogP) is 7.45. The lowest BCUT2D eigenvalue weighted by atomic mass is 9.93. The van der Waals surface area contributed by atoms with Crippen molar-refractivity contribution in [2.24, 2.45) is 0 Å². The Labute approximate surface area is 235 Å². The number of benzene rings is 2. The summed E-state index contributed by atoms with van der Waals surface area (Å²) in [6, 6.07) is 21.2. The maximum Gasteiger partial charge on any atom is 0.322 e. The van der Waals surface area contributed by atoms with Crippen LogP contribution >= 0.6 is 0 Å². The molecule has 40 heavy (non-hydrogen) atoms. The van der Waals surface area contributed by atoms with Gasteiger partial charge in [0, 0.05) is 17.9 Å². The lowest BCUT2D eigenvalue weighted by Crippen LogP contribution is -2.48. The number of anilines is 2. The third-order valence-corrected chi connectivity index (χ3v) is 7.96. The summed E-state index contributed by atoms with van der Waals surface area (Å²) < 4.78 is 7.96. The molecule has 0 saturated heterocycles. The number of nitrogens with zero attached hydrogens (tertiary/aromatic N) is 3. The number of amides is 3. The fourth-order valence-electron chi connectivity index (χ4n) is 5.83. The van der Waals surface area contributed by atoms with Crippen LogP contribution < -0.4 is 10.2 Å². The number of urea groups is 1. The minimum atomic E-state index is -0.439. The van der Waals surface area contributed by atoms with E-state index in [0.717, 1.165) is 46.7 Å². The second-order valence-electron chi connectivity index (χ2n) is 11.4. The molecule has 1 aliphatic carbocycles. The molecular weight excluding hydrogens is 500 g/mol. The van der Waals surface area contributed by atoms with Crippen LogP contribution in [0.3, 0.4) is 0 Å². The molecule has 0 radical (unpaired) electrons. The normalized spacial score (nSPS) is 16.1. The van der Waals surface area contributed by atoms with Gasteiger partial charge in [0.05, 0.1) is 23.3 Å². The maximum atomic E-state index is 14.3. The van der Waals surface area contributed by atoms with E-state index in [1.54, 1.807) is 16.1 Å². The van der Waals surface area contributed by atoms with E-state index in [0.29, 0.717) is 5.76 Å². The predicted molar refractivity (Wildman–Crippen MR) is 157 cm³/mol. The van der Waals surface area contributed by atoms with Gasteiger partial charge in [0.1, 0.15) is 18.3 Å². The first-order valence-corrected chi connectivity index (χ1v) is 14.2. The van der Waals surface area contributed by atoms with Crippen LogP contribution in [0, 0.1) is 0 Å². The van der Waals surface area contributed by atoms with E-state index in [-0.39, 0.29) is 36.4 Å². The molecule has 1 unspecified atom stereocenters. The van der Waals surface area contributed by atoms with Crippen molar-refractivity contribution in [3.8, 4) is 5.69 Å². The Kier molecular flexibility index (Phi) is 6.74. The van der Waals surface area contributed by atoms with Gasteiger partial charge in [-0.05, 0) is 72.2 Å². The fourth-order valence-corrected chi connectivity index (χ4v) is 5.83. The van der Waals surface area contributed by atoms with Gasteiger partial charge in [-0.15, -0.1) is 0 Å². The summed E-state index contributed by atoms with van der Waals surface area (Å²) in [5, 5.41) is 3.23. The average molecular weight is 537 g/mol. The topological polar surface area (TPSA) is 70.7 Å². The molecule has 4 aromatic rings. The molecule has 2 aromatic heterocycles. The van der Waals surface area contributed by atoms with E-state index in [1.807, 2.05) is 54.7 Å². The molecule has 2 aliphatic rings. The van der Waals surface area contributed by atoms with Crippen LogP contribution in [0.5, 0.6) is 0 Å². The Balaban J connectivity index is 1.34. The number of furan rings is 1. The number of nitrogens with one attached hydrogen (secondary N) is 1. The first kappa shape index (κ1) is 26.0. The quantitative estimate of drug-likeness (QED) is 0.267. The van der Waals surface area contributed by atoms with Gasteiger partial charge in [-0.3, -0.25) is 9.69 Å². The zero-order valence-corrected chi connectivity index (χ0v) is 23.5. The minimum absolute atomic E-state index is 0.0242. The highest BCUT2D eigenvalue weighted by Crippen LogP contribution is 2.43. The molecule has 206 valence electrons. The molecule has 3 amide bonds. The van der Waals surface area contributed by atoms with Crippen molar-refractivity contribution >= 4 is 23.3 Å². The molecule has 1 aliphatic heterocycles. The molecule has 7 heteroatoms. The van der Waals surface area contributed by atoms with Crippen LogP contribution in [0.4, 0.5) is 16.2 Å². The molecule has 1 N–H and O–H groups in total. The summed E-state index contributed by atoms with van der Waals surface area (Å²) in [5.41, 5.74) is 5.73. The van der Waals surface area contributed by atoms with Gasteiger partial charge < -0.3 is 19.2 Å². The summed E-state index contributed by atoms with van der Waals surface area (Å²) >= 11 is 0. The largest absolute Gasteiger partial charge is 0.467 e. The SMILES string of the molecule is CC(C)c1cccc(C(C)C)c1NC(=O)N(CC(=O)N1c2ccccc2-n2cccc2C1c1ccco1)C1CC1. The number of fused-ring (bicyclic) bond motifs is 3. The highest BCUT2D eigenvalue weighted by Gasteiger charge is 2.41. The molecule has 3 heterocycles. The van der Waals surface area contributed by atoms with E-state index in [2.05, 4.69) is 55.8 Å². The van der Waals surface area contributed by atoms with Crippen LogP contribution in [0.25, 0.3) is 5.69 Å². The third-order valence-electron chi connectivity index (χ3n) is 7.96. The zero-order chi connectivity index (χ0) is 28.0. The number of hydrogen-bond donors (Lipinski definition) is 1. The summed E-state index contributed by atoms with van der Waals surface area (Å²) in [6.07, 6.45) is 5.43. The van der Waals surface area contributed by atoms with Crippen molar-refractivity contribution in [3.05, 3.63) is 102 Å². The highest BCUT2D eigenvalue weighted by molar-refractivity contribution is 6.02. The lowest BCUT2D eigenvalue weighted by Gasteiger charge is -2.38. The summed E-state index contributed by atoms with van der Waals surface area (Å²) in [5.74, 6) is 1.03.